The summed E-state index contributed by atoms with van der Waals surface area (Å²) >= 11 is 11.7. The molecule has 1 fully saturated rings. The Kier molecular flexibility index (Phi) is 5.81. The Labute approximate surface area is 152 Å². The van der Waals surface area contributed by atoms with Crippen LogP contribution in [0.5, 0.6) is 0 Å². The fourth-order valence-electron chi connectivity index (χ4n) is 2.72. The fraction of sp³-hybridized carbons (Fsp3) is 0.250. The minimum absolute atomic E-state index is 0.541. The predicted octanol–water partition coefficient (Wildman–Crippen LogP) is 2.20. The van der Waals surface area contributed by atoms with Gasteiger partial charge >= 0.3 is 0 Å². The van der Waals surface area contributed by atoms with E-state index < -0.39 is 39.2 Å². The van der Waals surface area contributed by atoms with Crippen molar-refractivity contribution in [1.82, 2.24) is 0 Å². The molecule has 1 aliphatic heterocycles. The van der Waals surface area contributed by atoms with Gasteiger partial charge in [0.25, 0.3) is 0 Å². The van der Waals surface area contributed by atoms with E-state index in [0.29, 0.717) is 20.7 Å². The summed E-state index contributed by atoms with van der Waals surface area (Å²) in [5.74, 6) is -4.55. The third-order valence-electron chi connectivity index (χ3n) is 3.92. The molecule has 2 aromatic rings. The zero-order valence-corrected chi connectivity index (χ0v) is 15.7. The summed E-state index contributed by atoms with van der Waals surface area (Å²) in [5.41, 5.74) is 0. The van der Waals surface area contributed by atoms with Crippen LogP contribution in [-0.2, 0) is 0 Å². The van der Waals surface area contributed by atoms with E-state index in [1.807, 2.05) is 0 Å². The molecule has 4 unspecified atom stereocenters. The van der Waals surface area contributed by atoms with Gasteiger partial charge in [-0.1, -0.05) is 47.5 Å². The van der Waals surface area contributed by atoms with Gasteiger partial charge in [0, 0.05) is 10.0 Å². The summed E-state index contributed by atoms with van der Waals surface area (Å²) in [6.45, 7) is 0. The van der Waals surface area contributed by atoms with Crippen LogP contribution < -0.4 is 10.6 Å². The molecule has 0 radical (unpaired) electrons. The van der Waals surface area contributed by atoms with Crippen molar-refractivity contribution in [2.45, 2.75) is 23.4 Å². The molecule has 2 aromatic carbocycles. The van der Waals surface area contributed by atoms with Crippen LogP contribution in [0.25, 0.3) is 0 Å². The van der Waals surface area contributed by atoms with Gasteiger partial charge in [-0.25, -0.2) is 0 Å². The van der Waals surface area contributed by atoms with E-state index >= 15 is 0 Å². The first-order valence-corrected chi connectivity index (χ1v) is 10.9. The number of hydrogen-bond donors (Lipinski definition) is 4. The highest BCUT2D eigenvalue weighted by Gasteiger charge is 2.49. The Bertz CT molecular complexity index is 621. The largest absolute Gasteiger partial charge is 0.385 e. The van der Waals surface area contributed by atoms with Crippen molar-refractivity contribution in [3.63, 3.8) is 0 Å². The third-order valence-corrected chi connectivity index (χ3v) is 10.1. The summed E-state index contributed by atoms with van der Waals surface area (Å²) in [6, 6.07) is 13.5. The molecule has 0 aromatic heterocycles. The van der Waals surface area contributed by atoms with Crippen molar-refractivity contribution in [2.75, 3.05) is 0 Å². The van der Waals surface area contributed by atoms with Crippen molar-refractivity contribution < 1.29 is 20.4 Å². The van der Waals surface area contributed by atoms with Gasteiger partial charge in [-0.15, -0.1) is 0 Å². The summed E-state index contributed by atoms with van der Waals surface area (Å²) < 4.78 is 0. The van der Waals surface area contributed by atoms with Crippen LogP contribution in [0.15, 0.2) is 48.5 Å². The second kappa shape index (κ2) is 7.53. The number of aliphatic hydroxyl groups excluding tert-OH is 4. The standard InChI is InChI=1S/C16H16Cl2O4P2/c17-9-1-5-11(6-2-9)23-13(19)15(21)24(16(22)14(23)20)12-7-3-10(18)4-8-12/h1-8,13-16,19-22H. The average molecular weight is 405 g/mol. The van der Waals surface area contributed by atoms with Crippen LogP contribution in [0.2, 0.25) is 10.0 Å². The first-order valence-electron chi connectivity index (χ1n) is 7.20. The number of aliphatic hydroxyl groups is 4. The summed E-state index contributed by atoms with van der Waals surface area (Å²) in [4.78, 5) is 0. The first-order chi connectivity index (χ1) is 11.4. The molecule has 24 heavy (non-hydrogen) atoms. The van der Waals surface area contributed by atoms with Crippen LogP contribution in [0.1, 0.15) is 0 Å². The Morgan fingerprint density at radius 3 is 1.04 bits per heavy atom. The third kappa shape index (κ3) is 3.49. The highest BCUT2D eigenvalue weighted by molar-refractivity contribution is 7.74. The maximum atomic E-state index is 10.6. The van der Waals surface area contributed by atoms with E-state index in [0.717, 1.165) is 0 Å². The van der Waals surface area contributed by atoms with E-state index in [1.54, 1.807) is 48.5 Å². The van der Waals surface area contributed by atoms with Crippen LogP contribution in [-0.4, -0.2) is 43.8 Å². The molecule has 0 saturated carbocycles. The smallest absolute Gasteiger partial charge is 0.110 e. The molecule has 3 rings (SSSR count). The molecule has 0 bridgehead atoms. The molecule has 0 spiro atoms. The Balaban J connectivity index is 1.93. The predicted molar refractivity (Wildman–Crippen MR) is 100 cm³/mol. The minimum Gasteiger partial charge on any atom is -0.385 e. The number of rotatable bonds is 2. The van der Waals surface area contributed by atoms with Crippen LogP contribution in [0, 0.1) is 0 Å². The molecule has 0 aliphatic carbocycles. The quantitative estimate of drug-likeness (QED) is 0.578. The van der Waals surface area contributed by atoms with E-state index in [4.69, 9.17) is 23.2 Å². The summed E-state index contributed by atoms with van der Waals surface area (Å²) in [6.07, 6.45) is 0. The Hall–Kier alpha value is -0.280. The van der Waals surface area contributed by atoms with Crippen molar-refractivity contribution >= 4 is 49.7 Å². The molecule has 128 valence electrons. The lowest BCUT2D eigenvalue weighted by molar-refractivity contribution is 0.0810. The first kappa shape index (κ1) is 18.5. The fourth-order valence-corrected chi connectivity index (χ4v) is 8.68. The van der Waals surface area contributed by atoms with Crippen molar-refractivity contribution in [3.8, 4) is 0 Å². The molecule has 4 N–H and O–H groups in total. The zero-order chi connectivity index (χ0) is 17.4. The summed E-state index contributed by atoms with van der Waals surface area (Å²) in [7, 11) is -3.12. The van der Waals surface area contributed by atoms with Gasteiger partial charge in [0.15, 0.2) is 0 Å². The molecule has 1 aliphatic rings. The molecule has 0 amide bonds. The highest BCUT2D eigenvalue weighted by atomic mass is 35.5. The second-order valence-corrected chi connectivity index (χ2v) is 11.1. The van der Waals surface area contributed by atoms with Gasteiger partial charge in [-0.3, -0.25) is 0 Å². The van der Waals surface area contributed by atoms with E-state index in [-0.39, 0.29) is 0 Å². The lowest BCUT2D eigenvalue weighted by Crippen LogP contribution is -2.45. The zero-order valence-electron chi connectivity index (χ0n) is 12.4. The monoisotopic (exact) mass is 404 g/mol. The molecule has 1 saturated heterocycles. The Morgan fingerprint density at radius 1 is 0.542 bits per heavy atom. The minimum atomic E-state index is -1.56. The molecule has 4 nitrogen and oxygen atoms in total. The molecule has 4 atom stereocenters. The maximum Gasteiger partial charge on any atom is 0.110 e. The number of hydrogen-bond acceptors (Lipinski definition) is 4. The van der Waals surface area contributed by atoms with Gasteiger partial charge in [0.05, 0.1) is 0 Å². The van der Waals surface area contributed by atoms with Gasteiger partial charge in [0.2, 0.25) is 0 Å². The maximum absolute atomic E-state index is 10.6. The average Bonchev–Trinajstić information content (AvgIpc) is 2.57. The number of benzene rings is 2. The summed E-state index contributed by atoms with van der Waals surface area (Å²) in [5, 5.41) is 44.8. The van der Waals surface area contributed by atoms with Gasteiger partial charge in [-0.2, -0.15) is 0 Å². The molecular formula is C16H16Cl2O4P2. The lowest BCUT2D eigenvalue weighted by Gasteiger charge is -2.44. The van der Waals surface area contributed by atoms with Crippen molar-refractivity contribution in [2.24, 2.45) is 0 Å². The van der Waals surface area contributed by atoms with Crippen LogP contribution in [0.3, 0.4) is 0 Å². The van der Waals surface area contributed by atoms with E-state index in [9.17, 15) is 20.4 Å². The van der Waals surface area contributed by atoms with Crippen LogP contribution >= 0.6 is 39.0 Å². The van der Waals surface area contributed by atoms with E-state index in [1.165, 1.54) is 0 Å². The van der Waals surface area contributed by atoms with Gasteiger partial charge in [-0.05, 0) is 50.7 Å². The SMILES string of the molecule is OC1C(O)P(c2ccc(Cl)cc2)C(O)C(O)P1c1ccc(Cl)cc1. The molecular weight excluding hydrogens is 389 g/mol. The normalized spacial score (nSPS) is 33.4. The topological polar surface area (TPSA) is 80.9 Å². The molecule has 8 heteroatoms. The van der Waals surface area contributed by atoms with E-state index in [2.05, 4.69) is 0 Å². The molecule has 1 heterocycles. The number of halogens is 2. The van der Waals surface area contributed by atoms with Gasteiger partial charge < -0.3 is 20.4 Å². The van der Waals surface area contributed by atoms with Crippen molar-refractivity contribution in [1.29, 1.82) is 0 Å². The lowest BCUT2D eigenvalue weighted by atomic mass is 10.4. The van der Waals surface area contributed by atoms with Crippen molar-refractivity contribution in [3.05, 3.63) is 58.6 Å². The highest BCUT2D eigenvalue weighted by Crippen LogP contribution is 2.62. The van der Waals surface area contributed by atoms with Crippen LogP contribution in [0.4, 0.5) is 0 Å². The second-order valence-electron chi connectivity index (χ2n) is 5.42. The van der Waals surface area contributed by atoms with Gasteiger partial charge in [0.1, 0.15) is 23.4 Å². The Morgan fingerprint density at radius 2 is 0.792 bits per heavy atom.